The van der Waals surface area contributed by atoms with E-state index >= 15 is 0 Å². The third kappa shape index (κ3) is 3.42. The number of ether oxygens (including phenoxy) is 2. The number of halogens is 6. The maximum atomic E-state index is 13.4. The van der Waals surface area contributed by atoms with Crippen LogP contribution in [0.3, 0.4) is 0 Å². The summed E-state index contributed by atoms with van der Waals surface area (Å²) in [6.45, 7) is 0. The molecule has 0 heterocycles. The first kappa shape index (κ1) is 18.0. The molecule has 0 aliphatic rings. The predicted molar refractivity (Wildman–Crippen MR) is 75.0 cm³/mol. The highest BCUT2D eigenvalue weighted by molar-refractivity contribution is 5.76. The van der Waals surface area contributed by atoms with Gasteiger partial charge < -0.3 is 9.47 Å². The molecule has 0 N–H and O–H groups in total. The molecule has 0 aliphatic carbocycles. The van der Waals surface area contributed by atoms with Gasteiger partial charge in [0.2, 0.25) is 0 Å². The van der Waals surface area contributed by atoms with Gasteiger partial charge in [-0.05, 0) is 24.3 Å². The molecule has 0 radical (unpaired) electrons. The average molecular weight is 350 g/mol. The van der Waals surface area contributed by atoms with E-state index in [0.717, 1.165) is 31.4 Å². The molecule has 2 aromatic rings. The van der Waals surface area contributed by atoms with Gasteiger partial charge in [0.15, 0.2) is 0 Å². The van der Waals surface area contributed by atoms with Gasteiger partial charge in [0.05, 0.1) is 19.8 Å². The van der Waals surface area contributed by atoms with Crippen LogP contribution in [0.2, 0.25) is 0 Å². The molecule has 0 fully saturated rings. The first-order valence-electron chi connectivity index (χ1n) is 6.59. The Labute approximate surface area is 133 Å². The van der Waals surface area contributed by atoms with E-state index in [-0.39, 0.29) is 11.3 Å². The quantitative estimate of drug-likeness (QED) is 0.689. The van der Waals surface area contributed by atoms with Crippen molar-refractivity contribution >= 4 is 0 Å². The largest absolute Gasteiger partial charge is 0.496 e. The molecule has 0 bridgehead atoms. The lowest BCUT2D eigenvalue weighted by Gasteiger charge is -2.19. The van der Waals surface area contributed by atoms with Crippen molar-refractivity contribution < 1.29 is 35.8 Å². The van der Waals surface area contributed by atoms with Crippen molar-refractivity contribution in [1.29, 1.82) is 0 Å². The molecule has 2 rings (SSSR count). The summed E-state index contributed by atoms with van der Waals surface area (Å²) in [5.74, 6) is -0.596. The first-order chi connectivity index (χ1) is 11.1. The van der Waals surface area contributed by atoms with E-state index in [1.165, 1.54) is 13.2 Å². The minimum Gasteiger partial charge on any atom is -0.496 e. The highest BCUT2D eigenvalue weighted by atomic mass is 19.4. The fourth-order valence-electron chi connectivity index (χ4n) is 2.31. The van der Waals surface area contributed by atoms with Crippen molar-refractivity contribution in [2.75, 3.05) is 14.2 Å². The Morgan fingerprint density at radius 1 is 0.708 bits per heavy atom. The van der Waals surface area contributed by atoms with Crippen molar-refractivity contribution in [2.24, 2.45) is 0 Å². The van der Waals surface area contributed by atoms with Crippen molar-refractivity contribution in [3.63, 3.8) is 0 Å². The zero-order chi connectivity index (χ0) is 18.1. The Balaban J connectivity index is 2.81. The van der Waals surface area contributed by atoms with Crippen LogP contribution in [0.5, 0.6) is 11.5 Å². The third-order valence-corrected chi connectivity index (χ3v) is 3.35. The van der Waals surface area contributed by atoms with Gasteiger partial charge in [0.25, 0.3) is 0 Å². The van der Waals surface area contributed by atoms with Gasteiger partial charge >= 0.3 is 12.4 Å². The van der Waals surface area contributed by atoms with Gasteiger partial charge in [-0.25, -0.2) is 0 Å². The predicted octanol–water partition coefficient (Wildman–Crippen LogP) is 5.41. The molecule has 0 aromatic heterocycles. The summed E-state index contributed by atoms with van der Waals surface area (Å²) in [5, 5.41) is 0. The molecule has 0 spiro atoms. The third-order valence-electron chi connectivity index (χ3n) is 3.35. The Morgan fingerprint density at radius 3 is 1.83 bits per heavy atom. The second kappa shape index (κ2) is 6.26. The maximum Gasteiger partial charge on any atom is 0.420 e. The molecule has 0 unspecified atom stereocenters. The van der Waals surface area contributed by atoms with Gasteiger partial charge in [0, 0.05) is 11.1 Å². The highest BCUT2D eigenvalue weighted by Gasteiger charge is 2.38. The van der Waals surface area contributed by atoms with Crippen molar-refractivity contribution in [3.8, 4) is 22.6 Å². The highest BCUT2D eigenvalue weighted by Crippen LogP contribution is 2.46. The van der Waals surface area contributed by atoms with E-state index in [4.69, 9.17) is 9.47 Å². The summed E-state index contributed by atoms with van der Waals surface area (Å²) < 4.78 is 88.6. The van der Waals surface area contributed by atoms with Gasteiger partial charge in [-0.15, -0.1) is 0 Å². The van der Waals surface area contributed by atoms with Crippen molar-refractivity contribution in [1.82, 2.24) is 0 Å². The number of benzene rings is 2. The Kier molecular flexibility index (Phi) is 4.68. The Hall–Kier alpha value is -2.38. The second-order valence-corrected chi connectivity index (χ2v) is 4.79. The lowest BCUT2D eigenvalue weighted by Crippen LogP contribution is -2.11. The first-order valence-corrected chi connectivity index (χ1v) is 6.59. The van der Waals surface area contributed by atoms with Gasteiger partial charge in [-0.1, -0.05) is 12.1 Å². The van der Waals surface area contributed by atoms with E-state index in [9.17, 15) is 26.3 Å². The summed E-state index contributed by atoms with van der Waals surface area (Å²) >= 11 is 0. The summed E-state index contributed by atoms with van der Waals surface area (Å²) in [6, 6.07) is 5.79. The topological polar surface area (TPSA) is 18.5 Å². The Bertz CT molecular complexity index is 734. The molecule has 8 heteroatoms. The second-order valence-electron chi connectivity index (χ2n) is 4.79. The molecular weight excluding hydrogens is 338 g/mol. The summed E-state index contributed by atoms with van der Waals surface area (Å²) in [4.78, 5) is 0. The average Bonchev–Trinajstić information content (AvgIpc) is 2.51. The zero-order valence-electron chi connectivity index (χ0n) is 12.5. The molecule has 0 saturated carbocycles. The van der Waals surface area contributed by atoms with Crippen LogP contribution in [0.25, 0.3) is 11.1 Å². The normalized spacial score (nSPS) is 12.2. The number of alkyl halides is 6. The van der Waals surface area contributed by atoms with Crippen LogP contribution in [-0.4, -0.2) is 14.2 Å². The van der Waals surface area contributed by atoms with Crippen molar-refractivity contribution in [2.45, 2.75) is 12.4 Å². The fourth-order valence-corrected chi connectivity index (χ4v) is 2.31. The fraction of sp³-hybridized carbons (Fsp3) is 0.250. The van der Waals surface area contributed by atoms with Crippen LogP contribution in [0.4, 0.5) is 26.3 Å². The van der Waals surface area contributed by atoms with E-state index in [2.05, 4.69) is 0 Å². The lowest BCUT2D eigenvalue weighted by atomic mass is 9.96. The van der Waals surface area contributed by atoms with Crippen LogP contribution < -0.4 is 9.47 Å². The minimum atomic E-state index is -4.82. The van der Waals surface area contributed by atoms with E-state index < -0.39 is 34.8 Å². The van der Waals surface area contributed by atoms with Crippen LogP contribution in [0, 0.1) is 0 Å². The molecule has 2 aromatic carbocycles. The van der Waals surface area contributed by atoms with Crippen LogP contribution >= 0.6 is 0 Å². The van der Waals surface area contributed by atoms with Gasteiger partial charge in [-0.3, -0.25) is 0 Å². The van der Waals surface area contributed by atoms with Gasteiger partial charge in [-0.2, -0.15) is 26.3 Å². The van der Waals surface area contributed by atoms with E-state index in [1.807, 2.05) is 0 Å². The van der Waals surface area contributed by atoms with E-state index in [0.29, 0.717) is 6.07 Å². The van der Waals surface area contributed by atoms with Gasteiger partial charge in [0.1, 0.15) is 17.1 Å². The molecular formula is C16H12F6O2. The minimum absolute atomic E-state index is 0.109. The Morgan fingerprint density at radius 2 is 1.33 bits per heavy atom. The van der Waals surface area contributed by atoms with Crippen molar-refractivity contribution in [3.05, 3.63) is 47.5 Å². The molecule has 0 saturated heterocycles. The smallest absolute Gasteiger partial charge is 0.420 e. The monoisotopic (exact) mass is 350 g/mol. The lowest BCUT2D eigenvalue weighted by molar-refractivity contribution is -0.138. The molecule has 2 nitrogen and oxygen atoms in total. The number of hydrogen-bond acceptors (Lipinski definition) is 2. The summed E-state index contributed by atoms with van der Waals surface area (Å²) in [7, 11) is 2.22. The number of hydrogen-bond donors (Lipinski definition) is 0. The van der Waals surface area contributed by atoms with E-state index in [1.54, 1.807) is 0 Å². The zero-order valence-corrected chi connectivity index (χ0v) is 12.5. The van der Waals surface area contributed by atoms with Crippen LogP contribution in [0.15, 0.2) is 36.4 Å². The summed E-state index contributed by atoms with van der Waals surface area (Å²) in [5.41, 5.74) is -3.01. The molecule has 24 heavy (non-hydrogen) atoms. The maximum absolute atomic E-state index is 13.4. The number of methoxy groups -OCH3 is 2. The van der Waals surface area contributed by atoms with Crippen LogP contribution in [0.1, 0.15) is 11.1 Å². The molecule has 0 atom stereocenters. The summed E-state index contributed by atoms with van der Waals surface area (Å²) in [6.07, 6.45) is -9.51. The molecule has 130 valence electrons. The number of rotatable bonds is 3. The molecule has 0 amide bonds. The van der Waals surface area contributed by atoms with Crippen LogP contribution in [-0.2, 0) is 12.4 Å². The standard InChI is InChI=1S/C16H12F6O2/c1-23-12-7-6-9(15(17,18)19)8-11(12)10-4-3-5-13(24-2)14(10)16(20,21)22/h3-8H,1-2H3. The molecule has 0 aliphatic heterocycles. The SMILES string of the molecule is COc1ccc(C(F)(F)F)cc1-c1cccc(OC)c1C(F)(F)F.